The van der Waals surface area contributed by atoms with E-state index in [4.69, 9.17) is 0 Å². The lowest BCUT2D eigenvalue weighted by atomic mass is 10.1. The first-order valence-corrected chi connectivity index (χ1v) is 7.93. The lowest BCUT2D eigenvalue weighted by Gasteiger charge is -2.12. The van der Waals surface area contributed by atoms with E-state index in [0.29, 0.717) is 28.0 Å². The number of anilines is 2. The van der Waals surface area contributed by atoms with Crippen molar-refractivity contribution in [2.24, 2.45) is 0 Å². The van der Waals surface area contributed by atoms with Crippen LogP contribution < -0.4 is 10.9 Å². The average molecular weight is 346 g/mol. The fourth-order valence-corrected chi connectivity index (χ4v) is 2.81. The quantitative estimate of drug-likeness (QED) is 0.554. The number of carboxylic acid groups (broad SMARTS) is 1. The standard InChI is InChI=1S/C19H14N4O3/c1-11-10-23-17(24)12-6-2-4-8-14(12)21-19(23)22-16(11)20-15-9-5-3-7-13(15)18(25)26/h2-10H,1H3,(H,25,26)(H,20,21,22). The molecule has 4 aromatic rings. The van der Waals surface area contributed by atoms with Crippen molar-refractivity contribution in [1.29, 1.82) is 0 Å². The summed E-state index contributed by atoms with van der Waals surface area (Å²) in [5, 5.41) is 12.9. The summed E-state index contributed by atoms with van der Waals surface area (Å²) >= 11 is 0. The summed E-state index contributed by atoms with van der Waals surface area (Å²) in [6.07, 6.45) is 1.65. The number of nitrogens with one attached hydrogen (secondary N) is 1. The Labute approximate surface area is 147 Å². The van der Waals surface area contributed by atoms with Gasteiger partial charge in [0.05, 0.1) is 22.2 Å². The van der Waals surface area contributed by atoms with Crippen LogP contribution in [0, 0.1) is 6.92 Å². The maximum absolute atomic E-state index is 12.6. The number of benzene rings is 2. The molecule has 0 fully saturated rings. The molecule has 26 heavy (non-hydrogen) atoms. The zero-order valence-corrected chi connectivity index (χ0v) is 13.8. The number of carbonyl (C=O) groups is 1. The maximum Gasteiger partial charge on any atom is 0.337 e. The molecule has 2 aromatic heterocycles. The highest BCUT2D eigenvalue weighted by Gasteiger charge is 2.13. The van der Waals surface area contributed by atoms with Crippen molar-refractivity contribution < 1.29 is 9.90 Å². The number of aryl methyl sites for hydroxylation is 1. The van der Waals surface area contributed by atoms with Crippen molar-refractivity contribution in [3.8, 4) is 0 Å². The predicted molar refractivity (Wildman–Crippen MR) is 98.2 cm³/mol. The van der Waals surface area contributed by atoms with Crippen LogP contribution in [0.2, 0.25) is 0 Å². The molecule has 4 rings (SSSR count). The van der Waals surface area contributed by atoms with E-state index in [-0.39, 0.29) is 16.9 Å². The van der Waals surface area contributed by atoms with Crippen LogP contribution >= 0.6 is 0 Å². The molecule has 2 heterocycles. The normalized spacial score (nSPS) is 11.0. The van der Waals surface area contributed by atoms with Crippen LogP contribution in [-0.4, -0.2) is 25.4 Å². The zero-order valence-electron chi connectivity index (χ0n) is 13.8. The van der Waals surface area contributed by atoms with Gasteiger partial charge in [0.15, 0.2) is 0 Å². The summed E-state index contributed by atoms with van der Waals surface area (Å²) in [7, 11) is 0. The number of rotatable bonds is 3. The Kier molecular flexibility index (Phi) is 3.62. The van der Waals surface area contributed by atoms with E-state index in [0.717, 1.165) is 0 Å². The van der Waals surface area contributed by atoms with Gasteiger partial charge in [0.1, 0.15) is 5.82 Å². The van der Waals surface area contributed by atoms with Crippen LogP contribution in [0.5, 0.6) is 0 Å². The molecule has 0 saturated heterocycles. The lowest BCUT2D eigenvalue weighted by molar-refractivity contribution is 0.0698. The van der Waals surface area contributed by atoms with E-state index in [1.165, 1.54) is 10.5 Å². The largest absolute Gasteiger partial charge is 0.478 e. The van der Waals surface area contributed by atoms with Gasteiger partial charge in [-0.05, 0) is 31.2 Å². The van der Waals surface area contributed by atoms with Crippen molar-refractivity contribution in [2.75, 3.05) is 5.32 Å². The second kappa shape index (κ2) is 5.96. The second-order valence-electron chi connectivity index (χ2n) is 5.85. The van der Waals surface area contributed by atoms with E-state index >= 15 is 0 Å². The molecule has 0 saturated carbocycles. The number of aromatic nitrogens is 3. The Morgan fingerprint density at radius 1 is 1.08 bits per heavy atom. The monoisotopic (exact) mass is 346 g/mol. The molecule has 2 aromatic carbocycles. The molecule has 128 valence electrons. The van der Waals surface area contributed by atoms with Gasteiger partial charge in [-0.25, -0.2) is 9.78 Å². The lowest BCUT2D eigenvalue weighted by Crippen LogP contribution is -2.17. The minimum atomic E-state index is -1.04. The van der Waals surface area contributed by atoms with E-state index in [1.807, 2.05) is 6.07 Å². The molecular weight excluding hydrogens is 332 g/mol. The average Bonchev–Trinajstić information content (AvgIpc) is 2.64. The molecule has 2 N–H and O–H groups in total. The first-order chi connectivity index (χ1) is 12.5. The summed E-state index contributed by atoms with van der Waals surface area (Å²) in [6.45, 7) is 1.79. The number of fused-ring (bicyclic) bond motifs is 2. The number of aromatic carboxylic acids is 1. The number of para-hydroxylation sites is 2. The Morgan fingerprint density at radius 2 is 1.81 bits per heavy atom. The third-order valence-electron chi connectivity index (χ3n) is 4.11. The van der Waals surface area contributed by atoms with Gasteiger partial charge in [-0.2, -0.15) is 4.98 Å². The first-order valence-electron chi connectivity index (χ1n) is 7.93. The van der Waals surface area contributed by atoms with Crippen molar-refractivity contribution in [1.82, 2.24) is 14.4 Å². The van der Waals surface area contributed by atoms with Gasteiger partial charge in [0.2, 0.25) is 5.78 Å². The van der Waals surface area contributed by atoms with Crippen molar-refractivity contribution in [3.05, 3.63) is 76.2 Å². The minimum Gasteiger partial charge on any atom is -0.478 e. The molecule has 0 bridgehead atoms. The molecule has 0 spiro atoms. The highest BCUT2D eigenvalue weighted by molar-refractivity contribution is 5.95. The number of carboxylic acids is 1. The van der Waals surface area contributed by atoms with Crippen LogP contribution in [-0.2, 0) is 0 Å². The molecule has 0 aliphatic rings. The molecule has 0 aliphatic carbocycles. The minimum absolute atomic E-state index is 0.137. The zero-order chi connectivity index (χ0) is 18.3. The smallest absolute Gasteiger partial charge is 0.337 e. The summed E-state index contributed by atoms with van der Waals surface area (Å²) in [4.78, 5) is 32.9. The van der Waals surface area contributed by atoms with Gasteiger partial charge in [-0.1, -0.05) is 24.3 Å². The number of nitrogens with zero attached hydrogens (tertiary/aromatic N) is 3. The summed E-state index contributed by atoms with van der Waals surface area (Å²) in [6, 6.07) is 13.6. The van der Waals surface area contributed by atoms with Gasteiger partial charge in [0.25, 0.3) is 5.56 Å². The molecule has 0 aliphatic heterocycles. The predicted octanol–water partition coefficient (Wildman–Crippen LogP) is 2.99. The van der Waals surface area contributed by atoms with Gasteiger partial charge in [0, 0.05) is 11.8 Å². The molecular formula is C19H14N4O3. The molecule has 7 nitrogen and oxygen atoms in total. The fourth-order valence-electron chi connectivity index (χ4n) is 2.81. The Bertz CT molecular complexity index is 1230. The highest BCUT2D eigenvalue weighted by Crippen LogP contribution is 2.22. The highest BCUT2D eigenvalue weighted by atomic mass is 16.4. The molecule has 0 atom stereocenters. The van der Waals surface area contributed by atoms with Crippen LogP contribution in [0.1, 0.15) is 15.9 Å². The number of hydrogen-bond acceptors (Lipinski definition) is 5. The van der Waals surface area contributed by atoms with E-state index in [1.54, 1.807) is 49.5 Å². The summed E-state index contributed by atoms with van der Waals surface area (Å²) in [5.41, 5.74) is 1.61. The van der Waals surface area contributed by atoms with E-state index in [2.05, 4.69) is 15.3 Å². The topological polar surface area (TPSA) is 96.6 Å². The van der Waals surface area contributed by atoms with Gasteiger partial charge in [-0.15, -0.1) is 0 Å². The van der Waals surface area contributed by atoms with Gasteiger partial charge < -0.3 is 10.4 Å². The molecule has 0 radical (unpaired) electrons. The molecule has 7 heteroatoms. The maximum atomic E-state index is 12.6. The van der Waals surface area contributed by atoms with E-state index in [9.17, 15) is 14.7 Å². The van der Waals surface area contributed by atoms with Crippen LogP contribution in [0.25, 0.3) is 16.7 Å². The van der Waals surface area contributed by atoms with Crippen LogP contribution in [0.15, 0.2) is 59.5 Å². The van der Waals surface area contributed by atoms with Crippen molar-refractivity contribution in [3.63, 3.8) is 0 Å². The van der Waals surface area contributed by atoms with Gasteiger partial charge in [-0.3, -0.25) is 9.20 Å². The second-order valence-corrected chi connectivity index (χ2v) is 5.85. The first kappa shape index (κ1) is 15.8. The fraction of sp³-hybridized carbons (Fsp3) is 0.0526. The Balaban J connectivity index is 1.89. The van der Waals surface area contributed by atoms with Crippen molar-refractivity contribution in [2.45, 2.75) is 6.92 Å². The molecule has 0 unspecified atom stereocenters. The molecule has 0 amide bonds. The van der Waals surface area contributed by atoms with Crippen LogP contribution in [0.3, 0.4) is 0 Å². The van der Waals surface area contributed by atoms with Gasteiger partial charge >= 0.3 is 5.97 Å². The third-order valence-corrected chi connectivity index (χ3v) is 4.11. The number of hydrogen-bond donors (Lipinski definition) is 2. The Morgan fingerprint density at radius 3 is 2.62 bits per heavy atom. The van der Waals surface area contributed by atoms with Crippen LogP contribution in [0.4, 0.5) is 11.5 Å². The van der Waals surface area contributed by atoms with E-state index < -0.39 is 5.97 Å². The van der Waals surface area contributed by atoms with Crippen molar-refractivity contribution >= 4 is 34.2 Å². The summed E-state index contributed by atoms with van der Waals surface area (Å²) < 4.78 is 1.39. The third kappa shape index (κ3) is 2.55. The Hall–Kier alpha value is -3.74. The summed E-state index contributed by atoms with van der Waals surface area (Å²) in [5.74, 6) is -0.345. The SMILES string of the molecule is Cc1cn2c(=O)c3ccccc3nc2nc1Nc1ccccc1C(=O)O.